The fraction of sp³-hybridized carbons (Fsp3) is 0.615. The van der Waals surface area contributed by atoms with Crippen molar-refractivity contribution in [3.05, 3.63) is 28.5 Å². The van der Waals surface area contributed by atoms with Crippen LogP contribution in [0.15, 0.2) is 12.4 Å². The molecule has 0 aliphatic rings. The summed E-state index contributed by atoms with van der Waals surface area (Å²) in [7, 11) is 0. The van der Waals surface area contributed by atoms with E-state index in [1.807, 2.05) is 17.8 Å². The molecule has 2 aromatic rings. The third kappa shape index (κ3) is 3.61. The van der Waals surface area contributed by atoms with Gasteiger partial charge in [-0.1, -0.05) is 11.4 Å². The minimum Gasteiger partial charge on any atom is -0.309 e. The predicted octanol–water partition coefficient (Wildman–Crippen LogP) is 2.35. The maximum Gasteiger partial charge on any atom is 0.0772 e. The average Bonchev–Trinajstić information content (AvgIpc) is 3.03. The molecule has 1 unspecified atom stereocenters. The fourth-order valence-electron chi connectivity index (χ4n) is 2.05. The van der Waals surface area contributed by atoms with Gasteiger partial charge in [-0.15, -0.1) is 5.10 Å². The molecular formula is C13H21N5S. The Labute approximate surface area is 118 Å². The third-order valence-electron chi connectivity index (χ3n) is 3.09. The normalized spacial score (nSPS) is 12.8. The number of rotatable bonds is 7. The van der Waals surface area contributed by atoms with Crippen LogP contribution in [0.3, 0.4) is 0 Å². The molecule has 0 amide bonds. The average molecular weight is 279 g/mol. The second kappa shape index (κ2) is 6.77. The van der Waals surface area contributed by atoms with Crippen molar-refractivity contribution in [1.82, 2.24) is 24.7 Å². The molecule has 0 fully saturated rings. The van der Waals surface area contributed by atoms with Gasteiger partial charge in [0.25, 0.3) is 0 Å². The van der Waals surface area contributed by atoms with Crippen LogP contribution < -0.4 is 5.32 Å². The molecule has 6 heteroatoms. The largest absolute Gasteiger partial charge is 0.309 e. The summed E-state index contributed by atoms with van der Waals surface area (Å²) in [6.07, 6.45) is 6.12. The molecule has 0 saturated heterocycles. The molecule has 0 saturated carbocycles. The van der Waals surface area contributed by atoms with E-state index in [0.717, 1.165) is 31.6 Å². The number of nitrogens with zero attached hydrogens (tertiary/aromatic N) is 4. The first-order valence-corrected chi connectivity index (χ1v) is 7.55. The van der Waals surface area contributed by atoms with Gasteiger partial charge in [-0.2, -0.15) is 5.10 Å². The Morgan fingerprint density at radius 1 is 1.42 bits per heavy atom. The van der Waals surface area contributed by atoms with Crippen LogP contribution in [0.5, 0.6) is 0 Å². The molecule has 2 heterocycles. The molecule has 5 nitrogen and oxygen atoms in total. The van der Waals surface area contributed by atoms with Crippen LogP contribution in [-0.4, -0.2) is 25.9 Å². The SMILES string of the molecule is CCCNC(Cc1cnn(CC)c1)c1snnc1C. The zero-order chi connectivity index (χ0) is 13.7. The van der Waals surface area contributed by atoms with Crippen LogP contribution in [-0.2, 0) is 13.0 Å². The molecule has 0 bridgehead atoms. The fourth-order valence-corrected chi connectivity index (χ4v) is 2.77. The Morgan fingerprint density at radius 3 is 2.84 bits per heavy atom. The Bertz CT molecular complexity index is 505. The molecule has 1 N–H and O–H groups in total. The lowest BCUT2D eigenvalue weighted by Crippen LogP contribution is -2.23. The first-order valence-electron chi connectivity index (χ1n) is 6.78. The van der Waals surface area contributed by atoms with E-state index in [1.54, 1.807) is 0 Å². The van der Waals surface area contributed by atoms with Gasteiger partial charge in [0.15, 0.2) is 0 Å². The number of aromatic nitrogens is 4. The highest BCUT2D eigenvalue weighted by Gasteiger charge is 2.17. The summed E-state index contributed by atoms with van der Waals surface area (Å²) in [6.45, 7) is 8.21. The zero-order valence-electron chi connectivity index (χ0n) is 11.8. The smallest absolute Gasteiger partial charge is 0.0772 e. The lowest BCUT2D eigenvalue weighted by atomic mass is 10.1. The van der Waals surface area contributed by atoms with Crippen LogP contribution >= 0.6 is 11.5 Å². The van der Waals surface area contributed by atoms with Crippen LogP contribution in [0.1, 0.15) is 42.4 Å². The molecule has 0 aliphatic heterocycles. The van der Waals surface area contributed by atoms with Crippen LogP contribution in [0.25, 0.3) is 0 Å². The summed E-state index contributed by atoms with van der Waals surface area (Å²) in [5.41, 5.74) is 2.28. The molecular weight excluding hydrogens is 258 g/mol. The summed E-state index contributed by atoms with van der Waals surface area (Å²) in [4.78, 5) is 1.23. The molecule has 0 aliphatic carbocycles. The maximum atomic E-state index is 4.33. The van der Waals surface area contributed by atoms with E-state index in [1.165, 1.54) is 22.0 Å². The highest BCUT2D eigenvalue weighted by atomic mass is 32.1. The van der Waals surface area contributed by atoms with Crippen LogP contribution in [0.2, 0.25) is 0 Å². The Kier molecular flexibility index (Phi) is 5.04. The van der Waals surface area contributed by atoms with Crippen LogP contribution in [0.4, 0.5) is 0 Å². The molecule has 104 valence electrons. The summed E-state index contributed by atoms with van der Waals surface area (Å²) < 4.78 is 6.01. The van der Waals surface area contributed by atoms with Crippen molar-refractivity contribution in [3.8, 4) is 0 Å². The lowest BCUT2D eigenvalue weighted by molar-refractivity contribution is 0.533. The molecule has 0 radical (unpaired) electrons. The number of hydrogen-bond acceptors (Lipinski definition) is 5. The van der Waals surface area contributed by atoms with Gasteiger partial charge in [0.2, 0.25) is 0 Å². The molecule has 2 rings (SSSR count). The first-order chi connectivity index (χ1) is 9.24. The molecule has 1 atom stereocenters. The van der Waals surface area contributed by atoms with Crippen molar-refractivity contribution in [3.63, 3.8) is 0 Å². The summed E-state index contributed by atoms with van der Waals surface area (Å²) >= 11 is 1.49. The van der Waals surface area contributed by atoms with Gasteiger partial charge in [0, 0.05) is 18.8 Å². The van der Waals surface area contributed by atoms with E-state index in [4.69, 9.17) is 0 Å². The van der Waals surface area contributed by atoms with Crippen molar-refractivity contribution >= 4 is 11.5 Å². The zero-order valence-corrected chi connectivity index (χ0v) is 12.6. The highest BCUT2D eigenvalue weighted by molar-refractivity contribution is 7.05. The van der Waals surface area contributed by atoms with Crippen molar-refractivity contribution in [2.24, 2.45) is 0 Å². The predicted molar refractivity (Wildman–Crippen MR) is 77.3 cm³/mol. The topological polar surface area (TPSA) is 55.6 Å². The van der Waals surface area contributed by atoms with Gasteiger partial charge in [0.05, 0.1) is 16.8 Å². The third-order valence-corrected chi connectivity index (χ3v) is 4.03. The minimum absolute atomic E-state index is 0.287. The van der Waals surface area contributed by atoms with Crippen molar-refractivity contribution in [2.75, 3.05) is 6.54 Å². The number of hydrogen-bond donors (Lipinski definition) is 1. The second-order valence-corrected chi connectivity index (χ2v) is 5.42. The second-order valence-electron chi connectivity index (χ2n) is 4.64. The molecule has 2 aromatic heterocycles. The number of aryl methyl sites for hydroxylation is 2. The van der Waals surface area contributed by atoms with E-state index in [-0.39, 0.29) is 6.04 Å². The molecule has 0 aromatic carbocycles. The van der Waals surface area contributed by atoms with Crippen LogP contribution in [0, 0.1) is 6.92 Å². The van der Waals surface area contributed by atoms with E-state index in [0.29, 0.717) is 0 Å². The van der Waals surface area contributed by atoms with E-state index >= 15 is 0 Å². The summed E-state index contributed by atoms with van der Waals surface area (Å²) in [5, 5.41) is 12.0. The standard InChI is InChI=1S/C13H21N5S/c1-4-6-14-12(13-10(3)16-17-19-13)7-11-8-15-18(5-2)9-11/h8-9,12,14H,4-7H2,1-3H3. The van der Waals surface area contributed by atoms with Gasteiger partial charge < -0.3 is 5.32 Å². The quantitative estimate of drug-likeness (QED) is 0.845. The Morgan fingerprint density at radius 2 is 2.26 bits per heavy atom. The van der Waals surface area contributed by atoms with Crippen molar-refractivity contribution in [1.29, 1.82) is 0 Å². The minimum atomic E-state index is 0.287. The first kappa shape index (κ1) is 14.1. The maximum absolute atomic E-state index is 4.33. The van der Waals surface area contributed by atoms with Gasteiger partial charge in [-0.3, -0.25) is 4.68 Å². The van der Waals surface area contributed by atoms with E-state index < -0.39 is 0 Å². The van der Waals surface area contributed by atoms with E-state index in [2.05, 4.69) is 40.0 Å². The number of nitrogens with one attached hydrogen (secondary N) is 1. The van der Waals surface area contributed by atoms with Gasteiger partial charge in [0.1, 0.15) is 0 Å². The van der Waals surface area contributed by atoms with Gasteiger partial charge in [-0.05, 0) is 50.3 Å². The summed E-state index contributed by atoms with van der Waals surface area (Å²) in [5.74, 6) is 0. The monoisotopic (exact) mass is 279 g/mol. The molecule has 0 spiro atoms. The van der Waals surface area contributed by atoms with Gasteiger partial charge >= 0.3 is 0 Å². The highest BCUT2D eigenvalue weighted by Crippen LogP contribution is 2.23. The van der Waals surface area contributed by atoms with Crippen molar-refractivity contribution in [2.45, 2.75) is 46.2 Å². The van der Waals surface area contributed by atoms with Gasteiger partial charge in [-0.25, -0.2) is 0 Å². The lowest BCUT2D eigenvalue weighted by Gasteiger charge is -2.16. The van der Waals surface area contributed by atoms with E-state index in [9.17, 15) is 0 Å². The summed E-state index contributed by atoms with van der Waals surface area (Å²) in [6, 6.07) is 0.287. The molecule has 19 heavy (non-hydrogen) atoms. The Balaban J connectivity index is 2.11. The Hall–Kier alpha value is -1.27. The van der Waals surface area contributed by atoms with Crippen molar-refractivity contribution < 1.29 is 0 Å².